The van der Waals surface area contributed by atoms with E-state index in [2.05, 4.69) is 14.9 Å². The zero-order chi connectivity index (χ0) is 22.7. The Balaban J connectivity index is 1.45. The van der Waals surface area contributed by atoms with Gasteiger partial charge in [-0.2, -0.15) is 4.98 Å². The number of alkyl halides is 3. The first kappa shape index (κ1) is 21.9. The van der Waals surface area contributed by atoms with E-state index in [9.17, 15) is 18.0 Å². The molecule has 1 aliphatic rings. The van der Waals surface area contributed by atoms with Crippen LogP contribution in [0.1, 0.15) is 34.7 Å². The Hall–Kier alpha value is -3.36. The molecule has 0 bridgehead atoms. The van der Waals surface area contributed by atoms with Crippen LogP contribution in [0.15, 0.2) is 53.1 Å². The van der Waals surface area contributed by atoms with Crippen molar-refractivity contribution in [3.8, 4) is 17.1 Å². The van der Waals surface area contributed by atoms with Crippen molar-refractivity contribution in [3.63, 3.8) is 0 Å². The molecular weight excluding hydrogens is 423 g/mol. The molecule has 3 aromatic rings. The number of likely N-dealkylation sites (tertiary alicyclic amines) is 1. The molecule has 1 fully saturated rings. The van der Waals surface area contributed by atoms with Gasteiger partial charge in [0.2, 0.25) is 11.7 Å². The lowest BCUT2D eigenvalue weighted by atomic mass is 9.94. The molecule has 1 aliphatic heterocycles. The van der Waals surface area contributed by atoms with Gasteiger partial charge in [0.15, 0.2) is 0 Å². The van der Waals surface area contributed by atoms with Crippen LogP contribution in [0.2, 0.25) is 0 Å². The molecule has 0 aliphatic carbocycles. The van der Waals surface area contributed by atoms with Crippen molar-refractivity contribution in [2.24, 2.45) is 5.92 Å². The van der Waals surface area contributed by atoms with Crippen LogP contribution in [0.25, 0.3) is 11.4 Å². The Morgan fingerprint density at radius 3 is 2.72 bits per heavy atom. The minimum absolute atomic E-state index is 0.0635. The topological polar surface area (TPSA) is 68.5 Å². The van der Waals surface area contributed by atoms with Crippen molar-refractivity contribution in [1.82, 2.24) is 15.0 Å². The quantitative estimate of drug-likeness (QED) is 0.551. The highest BCUT2D eigenvalue weighted by Gasteiger charge is 2.34. The summed E-state index contributed by atoms with van der Waals surface area (Å²) in [4.78, 5) is 19.0. The molecule has 2 heterocycles. The molecule has 1 saturated heterocycles. The number of nitrogens with zero attached hydrogens (tertiary/aromatic N) is 3. The van der Waals surface area contributed by atoms with E-state index >= 15 is 0 Å². The number of halogens is 3. The SMILES string of the molecule is Cc1ccccc1-c1noc(C[C@@H]2CCCN(C(=O)c3ccccc3OC(F)(F)F)C2)n1. The number of ether oxygens (including phenoxy) is 1. The molecule has 9 heteroatoms. The van der Waals surface area contributed by atoms with Gasteiger partial charge in [-0.05, 0) is 43.4 Å². The van der Waals surface area contributed by atoms with Crippen LogP contribution in [-0.2, 0) is 6.42 Å². The fraction of sp³-hybridized carbons (Fsp3) is 0.348. The van der Waals surface area contributed by atoms with Crippen molar-refractivity contribution < 1.29 is 27.2 Å². The summed E-state index contributed by atoms with van der Waals surface area (Å²) in [5, 5.41) is 4.07. The van der Waals surface area contributed by atoms with Gasteiger partial charge in [-0.15, -0.1) is 13.2 Å². The van der Waals surface area contributed by atoms with E-state index in [-0.39, 0.29) is 11.5 Å². The number of hydrogen-bond donors (Lipinski definition) is 0. The van der Waals surface area contributed by atoms with Crippen LogP contribution in [0.5, 0.6) is 5.75 Å². The first-order valence-corrected chi connectivity index (χ1v) is 10.3. The number of piperidine rings is 1. The van der Waals surface area contributed by atoms with Crippen LogP contribution < -0.4 is 4.74 Å². The third-order valence-electron chi connectivity index (χ3n) is 5.47. The molecule has 0 unspecified atom stereocenters. The van der Waals surface area contributed by atoms with Crippen LogP contribution in [0.4, 0.5) is 13.2 Å². The molecule has 4 rings (SSSR count). The van der Waals surface area contributed by atoms with Crippen LogP contribution in [0, 0.1) is 12.8 Å². The van der Waals surface area contributed by atoms with E-state index in [1.807, 2.05) is 31.2 Å². The van der Waals surface area contributed by atoms with Crippen LogP contribution in [0.3, 0.4) is 0 Å². The molecule has 6 nitrogen and oxygen atoms in total. The number of hydrogen-bond acceptors (Lipinski definition) is 5. The smallest absolute Gasteiger partial charge is 0.405 e. The van der Waals surface area contributed by atoms with Crippen LogP contribution >= 0.6 is 0 Å². The van der Waals surface area contributed by atoms with Gasteiger partial charge >= 0.3 is 6.36 Å². The predicted octanol–water partition coefficient (Wildman–Crippen LogP) is 5.04. The van der Waals surface area contributed by atoms with E-state index in [0.717, 1.165) is 30.0 Å². The average Bonchev–Trinajstić information content (AvgIpc) is 3.21. The second kappa shape index (κ2) is 9.02. The van der Waals surface area contributed by atoms with Gasteiger partial charge in [0, 0.05) is 25.1 Å². The molecule has 0 spiro atoms. The van der Waals surface area contributed by atoms with E-state index in [4.69, 9.17) is 4.52 Å². The Bertz CT molecular complexity index is 1100. The predicted molar refractivity (Wildman–Crippen MR) is 110 cm³/mol. The maximum atomic E-state index is 13.0. The molecule has 2 aromatic carbocycles. The summed E-state index contributed by atoms with van der Waals surface area (Å²) in [6.45, 7) is 2.82. The number of carbonyl (C=O) groups excluding carboxylic acids is 1. The number of aryl methyl sites for hydroxylation is 1. The summed E-state index contributed by atoms with van der Waals surface area (Å²) in [7, 11) is 0. The molecule has 1 atom stereocenters. The van der Waals surface area contributed by atoms with Crippen molar-refractivity contribution in [2.45, 2.75) is 32.5 Å². The van der Waals surface area contributed by atoms with E-state index in [1.165, 1.54) is 18.2 Å². The Morgan fingerprint density at radius 1 is 1.19 bits per heavy atom. The molecular formula is C23H22F3N3O3. The zero-order valence-corrected chi connectivity index (χ0v) is 17.4. The van der Waals surface area contributed by atoms with Gasteiger partial charge in [-0.3, -0.25) is 4.79 Å². The average molecular weight is 445 g/mol. The first-order valence-electron chi connectivity index (χ1n) is 10.3. The zero-order valence-electron chi connectivity index (χ0n) is 17.4. The second-order valence-electron chi connectivity index (χ2n) is 7.83. The summed E-state index contributed by atoms with van der Waals surface area (Å²) < 4.78 is 47.6. The molecule has 0 N–H and O–H groups in total. The number of para-hydroxylation sites is 1. The molecule has 32 heavy (non-hydrogen) atoms. The molecule has 0 saturated carbocycles. The van der Waals surface area contributed by atoms with Gasteiger partial charge in [-0.25, -0.2) is 0 Å². The van der Waals surface area contributed by atoms with Crippen molar-refractivity contribution in [3.05, 3.63) is 65.5 Å². The fourth-order valence-electron chi connectivity index (χ4n) is 3.96. The maximum Gasteiger partial charge on any atom is 0.573 e. The molecule has 0 radical (unpaired) electrons. The fourth-order valence-corrected chi connectivity index (χ4v) is 3.96. The third kappa shape index (κ3) is 5.09. The van der Waals surface area contributed by atoms with Gasteiger partial charge in [-0.1, -0.05) is 41.6 Å². The lowest BCUT2D eigenvalue weighted by molar-refractivity contribution is -0.274. The number of aromatic nitrogens is 2. The van der Waals surface area contributed by atoms with Gasteiger partial charge in [0.25, 0.3) is 5.91 Å². The van der Waals surface area contributed by atoms with Gasteiger partial charge < -0.3 is 14.2 Å². The lowest BCUT2D eigenvalue weighted by Crippen LogP contribution is -2.40. The number of rotatable bonds is 5. The standard InChI is InChI=1S/C23H22F3N3O3/c1-15-7-2-3-9-17(15)21-27-20(32-28-21)13-16-8-6-12-29(14-16)22(30)18-10-4-5-11-19(18)31-23(24,25)26/h2-5,7,9-11,16H,6,8,12-14H2,1H3/t16-/m0/s1. The highest BCUT2D eigenvalue weighted by Crippen LogP contribution is 2.29. The van der Waals surface area contributed by atoms with Crippen molar-refractivity contribution in [2.75, 3.05) is 13.1 Å². The van der Waals surface area contributed by atoms with E-state index < -0.39 is 18.0 Å². The molecule has 168 valence electrons. The highest BCUT2D eigenvalue weighted by atomic mass is 19.4. The molecule has 1 aromatic heterocycles. The number of benzene rings is 2. The van der Waals surface area contributed by atoms with Gasteiger partial charge in [0.1, 0.15) is 5.75 Å². The van der Waals surface area contributed by atoms with E-state index in [1.54, 1.807) is 4.90 Å². The minimum Gasteiger partial charge on any atom is -0.405 e. The molecule has 1 amide bonds. The lowest BCUT2D eigenvalue weighted by Gasteiger charge is -2.32. The number of carbonyl (C=O) groups is 1. The summed E-state index contributed by atoms with van der Waals surface area (Å²) in [6.07, 6.45) is -2.79. The summed E-state index contributed by atoms with van der Waals surface area (Å²) in [6, 6.07) is 13.1. The largest absolute Gasteiger partial charge is 0.573 e. The normalized spacial score (nSPS) is 16.8. The van der Waals surface area contributed by atoms with Crippen LogP contribution in [-0.4, -0.2) is 40.4 Å². The monoisotopic (exact) mass is 445 g/mol. The van der Waals surface area contributed by atoms with Crippen molar-refractivity contribution in [1.29, 1.82) is 0 Å². The van der Waals surface area contributed by atoms with Crippen molar-refractivity contribution >= 4 is 5.91 Å². The Kier molecular flexibility index (Phi) is 6.16. The Morgan fingerprint density at radius 2 is 1.94 bits per heavy atom. The Labute approximate surface area is 183 Å². The minimum atomic E-state index is -4.87. The second-order valence-corrected chi connectivity index (χ2v) is 7.83. The summed E-state index contributed by atoms with van der Waals surface area (Å²) in [5.41, 5.74) is 1.82. The first-order chi connectivity index (χ1) is 15.3. The van der Waals surface area contributed by atoms with Gasteiger partial charge in [0.05, 0.1) is 5.56 Å². The third-order valence-corrected chi connectivity index (χ3v) is 5.47. The maximum absolute atomic E-state index is 13.0. The number of amides is 1. The summed E-state index contributed by atoms with van der Waals surface area (Å²) in [5.74, 6) is 0.0737. The van der Waals surface area contributed by atoms with E-state index in [0.29, 0.717) is 31.2 Å². The highest BCUT2D eigenvalue weighted by molar-refractivity contribution is 5.97. The summed E-state index contributed by atoms with van der Waals surface area (Å²) >= 11 is 0.